The summed E-state index contributed by atoms with van der Waals surface area (Å²) >= 11 is 0. The molecule has 0 bridgehead atoms. The van der Waals surface area contributed by atoms with Gasteiger partial charge in [-0.25, -0.2) is 19.7 Å². The van der Waals surface area contributed by atoms with Crippen LogP contribution in [-0.4, -0.2) is 44.4 Å². The molecule has 8 heteroatoms. The predicted molar refractivity (Wildman–Crippen MR) is 71.3 cm³/mol. The number of ether oxygens (including phenoxy) is 1. The summed E-state index contributed by atoms with van der Waals surface area (Å²) in [6, 6.07) is 1.76. The van der Waals surface area contributed by atoms with E-state index >= 15 is 0 Å². The van der Waals surface area contributed by atoms with Crippen LogP contribution < -0.4 is 5.32 Å². The average molecular weight is 276 g/mol. The molecule has 2 aromatic rings. The maximum absolute atomic E-state index is 11.4. The van der Waals surface area contributed by atoms with Gasteiger partial charge in [0, 0.05) is 31.8 Å². The number of carbonyl (C=O) groups is 1. The zero-order valence-electron chi connectivity index (χ0n) is 11.6. The molecule has 0 amide bonds. The number of methoxy groups -OCH3 is 1. The van der Waals surface area contributed by atoms with E-state index in [2.05, 4.69) is 30.1 Å². The number of hydrogen-bond donors (Lipinski definition) is 1. The van der Waals surface area contributed by atoms with Crippen LogP contribution in [0.1, 0.15) is 22.1 Å². The number of hydrogen-bond acceptors (Lipinski definition) is 7. The Morgan fingerprint density at radius 1 is 1.45 bits per heavy atom. The third-order valence-corrected chi connectivity index (χ3v) is 2.52. The van der Waals surface area contributed by atoms with Crippen LogP contribution in [0.25, 0.3) is 0 Å². The average Bonchev–Trinajstić information content (AvgIpc) is 2.83. The zero-order chi connectivity index (χ0) is 14.5. The van der Waals surface area contributed by atoms with Crippen LogP contribution in [0.4, 0.5) is 5.82 Å². The molecule has 2 rings (SSSR count). The summed E-state index contributed by atoms with van der Waals surface area (Å²) in [5, 5.41) is 7.29. The van der Waals surface area contributed by atoms with Gasteiger partial charge in [0.2, 0.25) is 5.82 Å². The number of anilines is 1. The van der Waals surface area contributed by atoms with E-state index in [1.165, 1.54) is 7.11 Å². The Labute approximate surface area is 116 Å². The zero-order valence-corrected chi connectivity index (χ0v) is 11.6. The van der Waals surface area contributed by atoms with Crippen LogP contribution in [0.15, 0.2) is 12.4 Å². The third-order valence-electron chi connectivity index (χ3n) is 2.52. The second-order valence-electron chi connectivity index (χ2n) is 4.22. The number of carbonyl (C=O) groups excluding carboxylic acids is 1. The van der Waals surface area contributed by atoms with Crippen molar-refractivity contribution in [2.45, 2.75) is 13.3 Å². The van der Waals surface area contributed by atoms with Crippen molar-refractivity contribution in [1.29, 1.82) is 0 Å². The van der Waals surface area contributed by atoms with E-state index in [1.54, 1.807) is 24.0 Å². The lowest BCUT2D eigenvalue weighted by molar-refractivity contribution is 0.0586. The molecule has 0 aromatic carbocycles. The number of nitrogens with one attached hydrogen (secondary N) is 1. The van der Waals surface area contributed by atoms with Crippen molar-refractivity contribution >= 4 is 11.8 Å². The molecule has 0 fully saturated rings. The molecule has 2 aromatic heterocycles. The number of aromatic nitrogens is 5. The van der Waals surface area contributed by atoms with Crippen LogP contribution in [-0.2, 0) is 18.2 Å². The number of rotatable bonds is 5. The van der Waals surface area contributed by atoms with Crippen LogP contribution in [0.3, 0.4) is 0 Å². The Bertz CT molecular complexity index is 610. The molecule has 0 aliphatic carbocycles. The van der Waals surface area contributed by atoms with Gasteiger partial charge in [0.1, 0.15) is 12.1 Å². The quantitative estimate of drug-likeness (QED) is 0.787. The van der Waals surface area contributed by atoms with Crippen molar-refractivity contribution in [3.63, 3.8) is 0 Å². The first-order chi connectivity index (χ1) is 9.58. The fourth-order valence-corrected chi connectivity index (χ4v) is 1.64. The van der Waals surface area contributed by atoms with Crippen LogP contribution in [0.2, 0.25) is 0 Å². The first-order valence-corrected chi connectivity index (χ1v) is 6.11. The summed E-state index contributed by atoms with van der Waals surface area (Å²) in [4.78, 5) is 23.7. The fourth-order valence-electron chi connectivity index (χ4n) is 1.64. The van der Waals surface area contributed by atoms with Gasteiger partial charge >= 0.3 is 5.97 Å². The van der Waals surface area contributed by atoms with Gasteiger partial charge in [-0.2, -0.15) is 5.10 Å². The first-order valence-electron chi connectivity index (χ1n) is 6.11. The van der Waals surface area contributed by atoms with E-state index in [-0.39, 0.29) is 5.82 Å². The summed E-state index contributed by atoms with van der Waals surface area (Å²) in [5.41, 5.74) is 0.693. The number of esters is 1. The highest BCUT2D eigenvalue weighted by molar-refractivity contribution is 5.85. The lowest BCUT2D eigenvalue weighted by Crippen LogP contribution is -2.13. The molecule has 8 nitrogen and oxygen atoms in total. The van der Waals surface area contributed by atoms with Crippen LogP contribution in [0.5, 0.6) is 0 Å². The number of aryl methyl sites for hydroxylation is 2. The van der Waals surface area contributed by atoms with Gasteiger partial charge in [-0.15, -0.1) is 0 Å². The van der Waals surface area contributed by atoms with Gasteiger partial charge in [-0.05, 0) is 6.92 Å². The maximum atomic E-state index is 11.4. The van der Waals surface area contributed by atoms with Crippen LogP contribution >= 0.6 is 0 Å². The molecule has 0 spiro atoms. The van der Waals surface area contributed by atoms with Crippen molar-refractivity contribution in [3.8, 4) is 0 Å². The minimum atomic E-state index is -0.553. The Hall–Kier alpha value is -2.51. The molecule has 106 valence electrons. The van der Waals surface area contributed by atoms with Crippen molar-refractivity contribution in [2.75, 3.05) is 19.0 Å². The van der Waals surface area contributed by atoms with E-state index in [1.807, 2.05) is 7.05 Å². The van der Waals surface area contributed by atoms with Gasteiger partial charge in [0.05, 0.1) is 7.11 Å². The van der Waals surface area contributed by atoms with E-state index in [0.29, 0.717) is 24.5 Å². The summed E-state index contributed by atoms with van der Waals surface area (Å²) < 4.78 is 6.26. The van der Waals surface area contributed by atoms with Crippen molar-refractivity contribution in [1.82, 2.24) is 24.7 Å². The van der Waals surface area contributed by atoms with Crippen molar-refractivity contribution < 1.29 is 9.53 Å². The van der Waals surface area contributed by atoms with Gasteiger partial charge in [0.25, 0.3) is 0 Å². The highest BCUT2D eigenvalue weighted by atomic mass is 16.5. The van der Waals surface area contributed by atoms with E-state index in [0.717, 1.165) is 5.82 Å². The van der Waals surface area contributed by atoms with Crippen molar-refractivity contribution in [3.05, 3.63) is 29.7 Å². The molecule has 1 N–H and O–H groups in total. The highest BCUT2D eigenvalue weighted by Gasteiger charge is 2.11. The van der Waals surface area contributed by atoms with Gasteiger partial charge in [-0.1, -0.05) is 0 Å². The molecular formula is C12H16N6O2. The lowest BCUT2D eigenvalue weighted by atomic mass is 10.3. The molecule has 0 aliphatic heterocycles. The SMILES string of the molecule is COC(=O)c1nc(C)cc(NCCc2ncn(C)n2)n1. The minimum absolute atomic E-state index is 0.0472. The molecule has 0 unspecified atom stereocenters. The summed E-state index contributed by atoms with van der Waals surface area (Å²) in [7, 11) is 3.12. The largest absolute Gasteiger partial charge is 0.463 e. The first kappa shape index (κ1) is 13.9. The summed E-state index contributed by atoms with van der Waals surface area (Å²) in [5.74, 6) is 0.821. The topological polar surface area (TPSA) is 94.8 Å². The molecule has 20 heavy (non-hydrogen) atoms. The van der Waals surface area contributed by atoms with E-state index in [4.69, 9.17) is 0 Å². The normalized spacial score (nSPS) is 10.3. The minimum Gasteiger partial charge on any atom is -0.463 e. The Kier molecular flexibility index (Phi) is 4.24. The molecule has 0 atom stereocenters. The van der Waals surface area contributed by atoms with Crippen LogP contribution in [0, 0.1) is 6.92 Å². The summed E-state index contributed by atoms with van der Waals surface area (Å²) in [6.07, 6.45) is 2.32. The fraction of sp³-hybridized carbons (Fsp3) is 0.417. The molecule has 0 aliphatic rings. The third kappa shape index (κ3) is 3.50. The Balaban J connectivity index is 1.98. The summed E-state index contributed by atoms with van der Waals surface area (Å²) in [6.45, 7) is 2.40. The van der Waals surface area contributed by atoms with Crippen molar-refractivity contribution in [2.24, 2.45) is 7.05 Å². The smallest absolute Gasteiger partial charge is 0.376 e. The standard InChI is InChI=1S/C12H16N6O2/c1-8-6-10(16-11(15-8)12(19)20-3)13-5-4-9-14-7-18(2)17-9/h6-7H,4-5H2,1-3H3,(H,13,15,16). The monoisotopic (exact) mass is 276 g/mol. The second-order valence-corrected chi connectivity index (χ2v) is 4.22. The lowest BCUT2D eigenvalue weighted by Gasteiger charge is -2.06. The van der Waals surface area contributed by atoms with Gasteiger partial charge in [0.15, 0.2) is 5.82 Å². The predicted octanol–water partition coefficient (Wildman–Crippen LogP) is 0.355. The Morgan fingerprint density at radius 2 is 2.25 bits per heavy atom. The number of nitrogens with zero attached hydrogens (tertiary/aromatic N) is 5. The maximum Gasteiger partial charge on any atom is 0.376 e. The highest BCUT2D eigenvalue weighted by Crippen LogP contribution is 2.07. The van der Waals surface area contributed by atoms with Gasteiger partial charge in [-0.3, -0.25) is 4.68 Å². The molecule has 0 radical (unpaired) electrons. The second kappa shape index (κ2) is 6.09. The molecule has 0 saturated heterocycles. The van der Waals surface area contributed by atoms with E-state index < -0.39 is 5.97 Å². The van der Waals surface area contributed by atoms with E-state index in [9.17, 15) is 4.79 Å². The molecular weight excluding hydrogens is 260 g/mol. The molecule has 0 saturated carbocycles. The Morgan fingerprint density at radius 3 is 2.90 bits per heavy atom. The molecule has 2 heterocycles. The van der Waals surface area contributed by atoms with Gasteiger partial charge < -0.3 is 10.1 Å².